The molecule has 4 heteroatoms. The second-order valence-corrected chi connectivity index (χ2v) is 5.32. The van der Waals surface area contributed by atoms with Gasteiger partial charge in [-0.3, -0.25) is 0 Å². The number of hydrogen-bond acceptors (Lipinski definition) is 2. The molecule has 0 fully saturated rings. The van der Waals surface area contributed by atoms with E-state index in [9.17, 15) is 0 Å². The highest BCUT2D eigenvalue weighted by Gasteiger charge is 2.14. The molecule has 0 saturated heterocycles. The third-order valence-corrected chi connectivity index (χ3v) is 3.82. The second kappa shape index (κ2) is 5.35. The topological polar surface area (TPSA) is 43.8 Å². The Hall–Kier alpha value is -1.32. The maximum atomic E-state index is 6.37. The first-order chi connectivity index (χ1) is 8.95. The van der Waals surface area contributed by atoms with Gasteiger partial charge in [-0.25, -0.2) is 4.68 Å². The van der Waals surface area contributed by atoms with Crippen molar-refractivity contribution in [3.63, 3.8) is 0 Å². The summed E-state index contributed by atoms with van der Waals surface area (Å²) in [5, 5.41) is 5.27. The summed E-state index contributed by atoms with van der Waals surface area (Å²) in [6.45, 7) is 8.20. The van der Waals surface area contributed by atoms with Crippen LogP contribution in [0, 0.1) is 13.8 Å². The van der Waals surface area contributed by atoms with Crippen molar-refractivity contribution in [1.82, 2.24) is 9.78 Å². The van der Waals surface area contributed by atoms with Gasteiger partial charge in [-0.2, -0.15) is 5.10 Å². The largest absolute Gasteiger partial charge is 0.324 e. The lowest BCUT2D eigenvalue weighted by atomic mass is 10.1. The summed E-state index contributed by atoms with van der Waals surface area (Å²) >= 11 is 6.37. The number of nitrogens with zero attached hydrogens (tertiary/aromatic N) is 2. The Kier molecular flexibility index (Phi) is 3.97. The van der Waals surface area contributed by atoms with Crippen LogP contribution in [-0.2, 0) is 6.42 Å². The summed E-state index contributed by atoms with van der Waals surface area (Å²) in [5.74, 6) is 0. The Morgan fingerprint density at radius 3 is 2.53 bits per heavy atom. The number of benzene rings is 1. The van der Waals surface area contributed by atoms with Gasteiger partial charge in [0.1, 0.15) is 0 Å². The maximum absolute atomic E-state index is 6.37. The zero-order valence-electron chi connectivity index (χ0n) is 11.9. The molecule has 0 spiro atoms. The molecule has 0 radical (unpaired) electrons. The highest BCUT2D eigenvalue weighted by molar-refractivity contribution is 6.32. The number of rotatable bonds is 3. The molecule has 2 aromatic rings. The fourth-order valence-corrected chi connectivity index (χ4v) is 2.67. The van der Waals surface area contributed by atoms with E-state index in [0.717, 1.165) is 29.1 Å². The van der Waals surface area contributed by atoms with Gasteiger partial charge in [0.15, 0.2) is 0 Å². The Morgan fingerprint density at radius 1 is 1.37 bits per heavy atom. The van der Waals surface area contributed by atoms with Crippen LogP contribution < -0.4 is 5.73 Å². The van der Waals surface area contributed by atoms with E-state index in [1.807, 2.05) is 36.7 Å². The van der Waals surface area contributed by atoms with E-state index in [-0.39, 0.29) is 6.04 Å². The van der Waals surface area contributed by atoms with Crippen LogP contribution in [0.25, 0.3) is 5.69 Å². The highest BCUT2D eigenvalue weighted by Crippen LogP contribution is 2.26. The average molecular weight is 278 g/mol. The second-order valence-electron chi connectivity index (χ2n) is 4.91. The van der Waals surface area contributed by atoms with Gasteiger partial charge in [0, 0.05) is 11.7 Å². The third-order valence-electron chi connectivity index (χ3n) is 3.52. The SMILES string of the molecule is CCc1c(C)nn(-c2ccc([C@@H](C)N)cc2Cl)c1C. The van der Waals surface area contributed by atoms with Crippen molar-refractivity contribution in [2.45, 2.75) is 40.2 Å². The van der Waals surface area contributed by atoms with Gasteiger partial charge in [0.2, 0.25) is 0 Å². The van der Waals surface area contributed by atoms with E-state index in [4.69, 9.17) is 17.3 Å². The Balaban J connectivity index is 2.54. The standard InChI is InChI=1S/C15H20ClN3/c1-5-13-10(3)18-19(11(13)4)15-7-6-12(9(2)17)8-14(15)16/h6-9H,5,17H2,1-4H3/t9-/m1/s1. The smallest absolute Gasteiger partial charge is 0.0835 e. The minimum atomic E-state index is -0.0155. The fraction of sp³-hybridized carbons (Fsp3) is 0.400. The van der Waals surface area contributed by atoms with Crippen LogP contribution in [0.4, 0.5) is 0 Å². The fourth-order valence-electron chi connectivity index (χ4n) is 2.40. The summed E-state index contributed by atoms with van der Waals surface area (Å²) in [4.78, 5) is 0. The molecule has 0 aliphatic rings. The Bertz CT molecular complexity index is 600. The predicted molar refractivity (Wildman–Crippen MR) is 80.0 cm³/mol. The van der Waals surface area contributed by atoms with E-state index in [0.29, 0.717) is 5.02 Å². The molecule has 1 heterocycles. The van der Waals surface area contributed by atoms with E-state index < -0.39 is 0 Å². The van der Waals surface area contributed by atoms with Gasteiger partial charge in [0.25, 0.3) is 0 Å². The van der Waals surface area contributed by atoms with Crippen LogP contribution in [-0.4, -0.2) is 9.78 Å². The van der Waals surface area contributed by atoms with Crippen molar-refractivity contribution in [2.24, 2.45) is 5.73 Å². The average Bonchev–Trinajstić information content (AvgIpc) is 2.64. The first kappa shape index (κ1) is 14.1. The van der Waals surface area contributed by atoms with Crippen molar-refractivity contribution in [1.29, 1.82) is 0 Å². The van der Waals surface area contributed by atoms with E-state index in [2.05, 4.69) is 18.9 Å². The van der Waals surface area contributed by atoms with Crippen molar-refractivity contribution >= 4 is 11.6 Å². The molecule has 0 aliphatic heterocycles. The molecule has 0 saturated carbocycles. The minimum Gasteiger partial charge on any atom is -0.324 e. The van der Waals surface area contributed by atoms with Crippen LogP contribution in [0.1, 0.15) is 42.4 Å². The normalized spacial score (nSPS) is 12.7. The molecule has 2 rings (SSSR count). The monoisotopic (exact) mass is 277 g/mol. The lowest BCUT2D eigenvalue weighted by Gasteiger charge is -2.11. The molecule has 102 valence electrons. The van der Waals surface area contributed by atoms with Gasteiger partial charge in [0.05, 0.1) is 16.4 Å². The van der Waals surface area contributed by atoms with Crippen molar-refractivity contribution in [3.8, 4) is 5.69 Å². The van der Waals surface area contributed by atoms with Crippen molar-refractivity contribution < 1.29 is 0 Å². The molecule has 0 unspecified atom stereocenters. The molecule has 2 N–H and O–H groups in total. The molecule has 0 amide bonds. The highest BCUT2D eigenvalue weighted by atomic mass is 35.5. The summed E-state index contributed by atoms with van der Waals surface area (Å²) in [5.41, 5.74) is 11.3. The number of halogens is 1. The number of aromatic nitrogens is 2. The lowest BCUT2D eigenvalue weighted by molar-refractivity contribution is 0.808. The number of aryl methyl sites for hydroxylation is 1. The van der Waals surface area contributed by atoms with E-state index >= 15 is 0 Å². The molecular weight excluding hydrogens is 258 g/mol. The molecule has 0 aliphatic carbocycles. The third kappa shape index (κ3) is 2.53. The van der Waals surface area contributed by atoms with Crippen molar-refractivity contribution in [2.75, 3.05) is 0 Å². The molecule has 1 aromatic heterocycles. The molecular formula is C15H20ClN3. The zero-order chi connectivity index (χ0) is 14.2. The van der Waals surface area contributed by atoms with Gasteiger partial charge in [-0.15, -0.1) is 0 Å². The molecule has 3 nitrogen and oxygen atoms in total. The van der Waals surface area contributed by atoms with Crippen molar-refractivity contribution in [3.05, 3.63) is 45.7 Å². The zero-order valence-corrected chi connectivity index (χ0v) is 12.6. The predicted octanol–water partition coefficient (Wildman–Crippen LogP) is 3.72. The summed E-state index contributed by atoms with van der Waals surface area (Å²) in [7, 11) is 0. The quantitative estimate of drug-likeness (QED) is 0.929. The molecule has 1 aromatic carbocycles. The first-order valence-electron chi connectivity index (χ1n) is 6.56. The molecule has 1 atom stereocenters. The molecule has 19 heavy (non-hydrogen) atoms. The summed E-state index contributed by atoms with van der Waals surface area (Å²) in [6.07, 6.45) is 0.979. The maximum Gasteiger partial charge on any atom is 0.0835 e. The number of hydrogen-bond donors (Lipinski definition) is 1. The van der Waals surface area contributed by atoms with Gasteiger partial charge >= 0.3 is 0 Å². The van der Waals surface area contributed by atoms with Crippen LogP contribution in [0.3, 0.4) is 0 Å². The van der Waals surface area contributed by atoms with Crippen LogP contribution in [0.2, 0.25) is 5.02 Å². The van der Waals surface area contributed by atoms with E-state index in [1.54, 1.807) is 0 Å². The summed E-state index contributed by atoms with van der Waals surface area (Å²) < 4.78 is 1.92. The lowest BCUT2D eigenvalue weighted by Crippen LogP contribution is -2.06. The first-order valence-corrected chi connectivity index (χ1v) is 6.94. The van der Waals surface area contributed by atoms with Gasteiger partial charge in [-0.1, -0.05) is 24.6 Å². The van der Waals surface area contributed by atoms with E-state index in [1.165, 1.54) is 5.56 Å². The Morgan fingerprint density at radius 2 is 2.05 bits per heavy atom. The van der Waals surface area contributed by atoms with Gasteiger partial charge in [-0.05, 0) is 50.5 Å². The van der Waals surface area contributed by atoms with Crippen LogP contribution >= 0.6 is 11.6 Å². The van der Waals surface area contributed by atoms with Crippen LogP contribution in [0.5, 0.6) is 0 Å². The van der Waals surface area contributed by atoms with Gasteiger partial charge < -0.3 is 5.73 Å². The summed E-state index contributed by atoms with van der Waals surface area (Å²) in [6, 6.07) is 5.90. The minimum absolute atomic E-state index is 0.0155. The number of nitrogens with two attached hydrogens (primary N) is 1. The van der Waals surface area contributed by atoms with Crippen LogP contribution in [0.15, 0.2) is 18.2 Å². The Labute approximate surface area is 119 Å². The molecule has 0 bridgehead atoms.